The largest absolute Gasteiger partial charge is 0.481 e. The van der Waals surface area contributed by atoms with Gasteiger partial charge in [-0.1, -0.05) is 31.2 Å². The second-order valence-electron chi connectivity index (χ2n) is 7.38. The molecule has 3 rings (SSSR count). The molecule has 2 aromatic heterocycles. The van der Waals surface area contributed by atoms with Crippen LogP contribution in [-0.2, 0) is 4.79 Å². The third kappa shape index (κ3) is 4.29. The van der Waals surface area contributed by atoms with E-state index in [2.05, 4.69) is 29.2 Å². The van der Waals surface area contributed by atoms with Crippen molar-refractivity contribution in [3.8, 4) is 0 Å². The van der Waals surface area contributed by atoms with Gasteiger partial charge in [-0.05, 0) is 44.4 Å². The number of aromatic nitrogens is 3. The molecule has 1 amide bonds. The van der Waals surface area contributed by atoms with E-state index >= 15 is 0 Å². The fourth-order valence-electron chi connectivity index (χ4n) is 3.45. The molecule has 0 spiro atoms. The Hall–Kier alpha value is -3.22. The highest BCUT2D eigenvalue weighted by Gasteiger charge is 2.23. The smallest absolute Gasteiger partial charge is 0.305 e. The van der Waals surface area contributed by atoms with Gasteiger partial charge in [0.05, 0.1) is 35.7 Å². The molecular formula is C22H26N4O3. The molecule has 2 atom stereocenters. The highest BCUT2D eigenvalue weighted by Crippen LogP contribution is 2.25. The summed E-state index contributed by atoms with van der Waals surface area (Å²) in [5.41, 5.74) is 3.54. The van der Waals surface area contributed by atoms with Crippen molar-refractivity contribution in [1.29, 1.82) is 0 Å². The van der Waals surface area contributed by atoms with Crippen LogP contribution in [-0.4, -0.2) is 31.7 Å². The number of aryl methyl sites for hydroxylation is 2. The van der Waals surface area contributed by atoms with Crippen LogP contribution in [0.3, 0.4) is 0 Å². The average Bonchev–Trinajstić information content (AvgIpc) is 3.09. The van der Waals surface area contributed by atoms with Gasteiger partial charge in [-0.15, -0.1) is 0 Å². The Morgan fingerprint density at radius 1 is 1.24 bits per heavy atom. The van der Waals surface area contributed by atoms with Crippen LogP contribution in [0, 0.1) is 13.8 Å². The number of benzene rings is 1. The standard InChI is InChI=1S/C22H26N4O3/c1-5-15(4)26-21-18(12-23-26)17(10-14(3)24-21)22(29)25-19(11-20(27)28)16-9-7-6-8-13(16)2/h6-10,12,15,19H,5,11H2,1-4H3,(H,25,29)(H,27,28). The minimum Gasteiger partial charge on any atom is -0.481 e. The van der Waals surface area contributed by atoms with Crippen LogP contribution in [0.1, 0.15) is 66.0 Å². The van der Waals surface area contributed by atoms with Crippen molar-refractivity contribution in [2.24, 2.45) is 0 Å². The molecule has 1 aromatic carbocycles. The van der Waals surface area contributed by atoms with Crippen molar-refractivity contribution in [3.05, 3.63) is 58.9 Å². The zero-order chi connectivity index (χ0) is 21.1. The lowest BCUT2D eigenvalue weighted by molar-refractivity contribution is -0.137. The predicted octanol–water partition coefficient (Wildman–Crippen LogP) is 3.96. The number of amides is 1. The number of nitrogens with one attached hydrogen (secondary N) is 1. The van der Waals surface area contributed by atoms with Crippen molar-refractivity contribution in [2.45, 2.75) is 52.6 Å². The topological polar surface area (TPSA) is 97.1 Å². The molecular weight excluding hydrogens is 368 g/mol. The number of nitrogens with zero attached hydrogens (tertiary/aromatic N) is 3. The van der Waals surface area contributed by atoms with Gasteiger partial charge in [0.25, 0.3) is 5.91 Å². The number of hydrogen-bond acceptors (Lipinski definition) is 4. The Morgan fingerprint density at radius 2 is 1.97 bits per heavy atom. The summed E-state index contributed by atoms with van der Waals surface area (Å²) in [4.78, 5) is 29.2. The first-order chi connectivity index (χ1) is 13.8. The van der Waals surface area contributed by atoms with Gasteiger partial charge in [-0.25, -0.2) is 9.67 Å². The lowest BCUT2D eigenvalue weighted by Crippen LogP contribution is -2.31. The van der Waals surface area contributed by atoms with Gasteiger partial charge < -0.3 is 10.4 Å². The summed E-state index contributed by atoms with van der Waals surface area (Å²) in [6.07, 6.45) is 2.35. The SMILES string of the molecule is CCC(C)n1ncc2c(C(=O)NC(CC(=O)O)c3ccccc3C)cc(C)nc21. The van der Waals surface area contributed by atoms with Gasteiger partial charge in [0.15, 0.2) is 5.65 Å². The number of hydrogen-bond donors (Lipinski definition) is 2. The first kappa shape index (κ1) is 20.5. The minimum atomic E-state index is -0.973. The van der Waals surface area contributed by atoms with Crippen LogP contribution >= 0.6 is 0 Å². The molecule has 152 valence electrons. The Kier molecular flexibility index (Phi) is 5.96. The fraction of sp³-hybridized carbons (Fsp3) is 0.364. The maximum atomic E-state index is 13.2. The van der Waals surface area contributed by atoms with Crippen molar-refractivity contribution >= 4 is 22.9 Å². The average molecular weight is 394 g/mol. The maximum Gasteiger partial charge on any atom is 0.305 e. The van der Waals surface area contributed by atoms with Crippen LogP contribution in [0.15, 0.2) is 36.5 Å². The zero-order valence-electron chi connectivity index (χ0n) is 17.1. The van der Waals surface area contributed by atoms with Gasteiger partial charge in [0.1, 0.15) is 0 Å². The number of fused-ring (bicyclic) bond motifs is 1. The lowest BCUT2D eigenvalue weighted by Gasteiger charge is -2.20. The van der Waals surface area contributed by atoms with E-state index in [1.807, 2.05) is 42.8 Å². The fourth-order valence-corrected chi connectivity index (χ4v) is 3.45. The highest BCUT2D eigenvalue weighted by atomic mass is 16.4. The number of carbonyl (C=O) groups excluding carboxylic acids is 1. The molecule has 2 heterocycles. The third-order valence-corrected chi connectivity index (χ3v) is 5.20. The number of rotatable bonds is 7. The molecule has 0 aliphatic rings. The summed E-state index contributed by atoms with van der Waals surface area (Å²) in [5.74, 6) is -1.31. The van der Waals surface area contributed by atoms with E-state index in [9.17, 15) is 14.7 Å². The lowest BCUT2D eigenvalue weighted by atomic mass is 9.98. The van der Waals surface area contributed by atoms with Crippen molar-refractivity contribution < 1.29 is 14.7 Å². The third-order valence-electron chi connectivity index (χ3n) is 5.20. The molecule has 0 bridgehead atoms. The highest BCUT2D eigenvalue weighted by molar-refractivity contribution is 6.05. The second-order valence-corrected chi connectivity index (χ2v) is 7.38. The summed E-state index contributed by atoms with van der Waals surface area (Å²) in [7, 11) is 0. The molecule has 0 radical (unpaired) electrons. The number of carbonyl (C=O) groups is 2. The Balaban J connectivity index is 2.00. The van der Waals surface area contributed by atoms with Crippen molar-refractivity contribution in [1.82, 2.24) is 20.1 Å². The molecule has 0 aliphatic heterocycles. The van der Waals surface area contributed by atoms with Gasteiger partial charge in [-0.2, -0.15) is 5.10 Å². The normalized spacial score (nSPS) is 13.2. The maximum absolute atomic E-state index is 13.2. The van der Waals surface area contributed by atoms with E-state index in [0.717, 1.165) is 17.5 Å². The molecule has 3 aromatic rings. The Morgan fingerprint density at radius 3 is 2.62 bits per heavy atom. The van der Waals surface area contributed by atoms with E-state index < -0.39 is 12.0 Å². The van der Waals surface area contributed by atoms with E-state index in [1.165, 1.54) is 0 Å². The molecule has 0 fully saturated rings. The minimum absolute atomic E-state index is 0.157. The molecule has 2 unspecified atom stereocenters. The zero-order valence-corrected chi connectivity index (χ0v) is 17.1. The Bertz CT molecular complexity index is 1060. The quantitative estimate of drug-likeness (QED) is 0.632. The van der Waals surface area contributed by atoms with Gasteiger partial charge in [0, 0.05) is 5.69 Å². The number of carboxylic acid groups (broad SMARTS) is 1. The summed E-state index contributed by atoms with van der Waals surface area (Å²) in [6, 6.07) is 8.72. The Labute approximate surface area is 169 Å². The second kappa shape index (κ2) is 8.43. The molecule has 0 saturated carbocycles. The van der Waals surface area contributed by atoms with Crippen LogP contribution in [0.2, 0.25) is 0 Å². The summed E-state index contributed by atoms with van der Waals surface area (Å²) < 4.78 is 1.83. The van der Waals surface area contributed by atoms with Crippen LogP contribution in [0.25, 0.3) is 11.0 Å². The van der Waals surface area contributed by atoms with Crippen molar-refractivity contribution in [3.63, 3.8) is 0 Å². The van der Waals surface area contributed by atoms with Gasteiger partial charge in [0.2, 0.25) is 0 Å². The molecule has 29 heavy (non-hydrogen) atoms. The molecule has 0 saturated heterocycles. The van der Waals surface area contributed by atoms with Crippen LogP contribution in [0.4, 0.5) is 0 Å². The number of carboxylic acids is 1. The van der Waals surface area contributed by atoms with Crippen LogP contribution in [0.5, 0.6) is 0 Å². The van der Waals surface area contributed by atoms with Gasteiger partial charge >= 0.3 is 5.97 Å². The molecule has 7 heteroatoms. The van der Waals surface area contributed by atoms with Gasteiger partial charge in [-0.3, -0.25) is 9.59 Å². The summed E-state index contributed by atoms with van der Waals surface area (Å²) >= 11 is 0. The first-order valence-corrected chi connectivity index (χ1v) is 9.74. The predicted molar refractivity (Wildman–Crippen MR) is 111 cm³/mol. The van der Waals surface area contributed by atoms with E-state index in [1.54, 1.807) is 12.3 Å². The monoisotopic (exact) mass is 394 g/mol. The van der Waals surface area contributed by atoms with E-state index in [-0.39, 0.29) is 18.4 Å². The van der Waals surface area contributed by atoms with E-state index in [4.69, 9.17) is 0 Å². The van der Waals surface area contributed by atoms with Crippen LogP contribution < -0.4 is 5.32 Å². The summed E-state index contributed by atoms with van der Waals surface area (Å²) in [6.45, 7) is 7.86. The number of pyridine rings is 1. The first-order valence-electron chi connectivity index (χ1n) is 9.74. The summed E-state index contributed by atoms with van der Waals surface area (Å²) in [5, 5.41) is 17.4. The molecule has 2 N–H and O–H groups in total. The number of aliphatic carboxylic acids is 1. The van der Waals surface area contributed by atoms with E-state index in [0.29, 0.717) is 22.3 Å². The van der Waals surface area contributed by atoms with Crippen molar-refractivity contribution in [2.75, 3.05) is 0 Å². The molecule has 0 aliphatic carbocycles. The molecule has 7 nitrogen and oxygen atoms in total.